The van der Waals surface area contributed by atoms with E-state index in [1.54, 1.807) is 18.2 Å². The summed E-state index contributed by atoms with van der Waals surface area (Å²) in [6, 6.07) is 6.53. The summed E-state index contributed by atoms with van der Waals surface area (Å²) < 4.78 is 16.7. The van der Waals surface area contributed by atoms with Crippen molar-refractivity contribution in [3.8, 4) is 28.4 Å². The second-order valence-electron chi connectivity index (χ2n) is 7.26. The minimum atomic E-state index is -0.698. The Morgan fingerprint density at radius 1 is 1.18 bits per heavy atom. The van der Waals surface area contributed by atoms with Gasteiger partial charge in [-0.2, -0.15) is 0 Å². The van der Waals surface area contributed by atoms with E-state index in [-0.39, 0.29) is 28.9 Å². The number of hydrogen-bond acceptors (Lipinski definition) is 7. The monoisotopic (exact) mass is 489 g/mol. The molecule has 1 atom stereocenters. The molecule has 0 aliphatic heterocycles. The molecule has 0 heterocycles. The smallest absolute Gasteiger partial charge is 0.337 e. The summed E-state index contributed by atoms with van der Waals surface area (Å²) in [5.74, 6) is -0.197. The standard InChI is InChI=1S/C24H24ClNO6S/c1-13(27)26-17-7-5-14-11-19(30-2)23(32-21(29)9-10-25)24(31-3)22(14)15-6-8-20(33-4)18(28)12-16(15)17/h6,8-12,17H,5,7H2,1-4H3,(H,26,27)/b10-9+/t17-/m0/s1. The van der Waals surface area contributed by atoms with Gasteiger partial charge in [0, 0.05) is 24.1 Å². The lowest BCUT2D eigenvalue weighted by Crippen LogP contribution is -2.26. The second kappa shape index (κ2) is 10.8. The van der Waals surface area contributed by atoms with E-state index in [0.717, 1.165) is 17.2 Å². The molecule has 1 amide bonds. The highest BCUT2D eigenvalue weighted by Crippen LogP contribution is 2.50. The van der Waals surface area contributed by atoms with E-state index in [2.05, 4.69) is 5.32 Å². The molecule has 33 heavy (non-hydrogen) atoms. The summed E-state index contributed by atoms with van der Waals surface area (Å²) in [5, 5.41) is 2.96. The van der Waals surface area contributed by atoms with Crippen molar-refractivity contribution in [1.82, 2.24) is 5.32 Å². The second-order valence-corrected chi connectivity index (χ2v) is 8.36. The van der Waals surface area contributed by atoms with Gasteiger partial charge in [-0.3, -0.25) is 9.59 Å². The molecule has 0 unspecified atom stereocenters. The number of fused-ring (bicyclic) bond motifs is 3. The molecule has 0 fully saturated rings. The third-order valence-corrected chi connectivity index (χ3v) is 6.20. The van der Waals surface area contributed by atoms with Crippen molar-refractivity contribution in [1.29, 1.82) is 0 Å². The Balaban J connectivity index is 2.39. The molecule has 2 aromatic rings. The largest absolute Gasteiger partial charge is 0.493 e. The van der Waals surface area contributed by atoms with E-state index in [1.807, 2.05) is 12.3 Å². The van der Waals surface area contributed by atoms with Crippen LogP contribution in [0, 0.1) is 0 Å². The van der Waals surface area contributed by atoms with Crippen LogP contribution < -0.4 is 25.0 Å². The van der Waals surface area contributed by atoms with Crippen molar-refractivity contribution in [2.75, 3.05) is 20.5 Å². The highest BCUT2D eigenvalue weighted by molar-refractivity contribution is 7.98. The van der Waals surface area contributed by atoms with Crippen molar-refractivity contribution in [3.63, 3.8) is 0 Å². The zero-order valence-corrected chi connectivity index (χ0v) is 20.3. The molecule has 3 rings (SSSR count). The van der Waals surface area contributed by atoms with E-state index in [1.165, 1.54) is 32.9 Å². The van der Waals surface area contributed by atoms with Crippen LogP contribution in [0.2, 0.25) is 0 Å². The Labute approximate surface area is 201 Å². The molecule has 174 valence electrons. The normalized spacial score (nSPS) is 14.6. The Hall–Kier alpha value is -2.97. The minimum Gasteiger partial charge on any atom is -0.493 e. The number of methoxy groups -OCH3 is 2. The van der Waals surface area contributed by atoms with Gasteiger partial charge < -0.3 is 19.5 Å². The zero-order valence-electron chi connectivity index (χ0n) is 18.7. The van der Waals surface area contributed by atoms with Crippen molar-refractivity contribution >= 4 is 35.2 Å². The topological polar surface area (TPSA) is 90.9 Å². The zero-order chi connectivity index (χ0) is 24.1. The fourth-order valence-electron chi connectivity index (χ4n) is 3.95. The molecular weight excluding hydrogens is 466 g/mol. The maximum Gasteiger partial charge on any atom is 0.337 e. The number of halogens is 1. The molecule has 9 heteroatoms. The van der Waals surface area contributed by atoms with Gasteiger partial charge in [0.05, 0.1) is 25.2 Å². The van der Waals surface area contributed by atoms with E-state index >= 15 is 0 Å². The van der Waals surface area contributed by atoms with Crippen LogP contribution in [0.25, 0.3) is 11.1 Å². The number of benzene rings is 1. The third-order valence-electron chi connectivity index (χ3n) is 5.30. The minimum absolute atomic E-state index is 0.0985. The quantitative estimate of drug-likeness (QED) is 0.281. The fraction of sp³-hybridized carbons (Fsp3) is 0.292. The molecule has 0 spiro atoms. The predicted molar refractivity (Wildman–Crippen MR) is 129 cm³/mol. The first-order valence-corrected chi connectivity index (χ1v) is 11.8. The lowest BCUT2D eigenvalue weighted by molar-refractivity contribution is -0.129. The first-order chi connectivity index (χ1) is 15.8. The Kier molecular flexibility index (Phi) is 8.05. The van der Waals surface area contributed by atoms with Gasteiger partial charge in [-0.25, -0.2) is 4.79 Å². The summed E-state index contributed by atoms with van der Waals surface area (Å²) in [5.41, 5.74) is 3.81. The Morgan fingerprint density at radius 2 is 1.94 bits per heavy atom. The van der Waals surface area contributed by atoms with Crippen LogP contribution >= 0.6 is 23.4 Å². The van der Waals surface area contributed by atoms with Gasteiger partial charge in [0.25, 0.3) is 0 Å². The predicted octanol–water partition coefficient (Wildman–Crippen LogP) is 4.23. The molecule has 0 saturated carbocycles. The molecule has 1 aliphatic rings. The maximum absolute atomic E-state index is 12.8. The summed E-state index contributed by atoms with van der Waals surface area (Å²) in [6.45, 7) is 1.44. The molecule has 0 saturated heterocycles. The number of ether oxygens (including phenoxy) is 3. The van der Waals surface area contributed by atoms with Gasteiger partial charge >= 0.3 is 5.97 Å². The van der Waals surface area contributed by atoms with E-state index in [4.69, 9.17) is 25.8 Å². The SMILES string of the molecule is COc1cc2c(c(OC)c1OC(=O)/C=C/Cl)-c1ccc(SC)c(=O)cc1[C@@H](NC(C)=O)CC2. The number of esters is 1. The first kappa shape index (κ1) is 24.7. The van der Waals surface area contributed by atoms with E-state index in [9.17, 15) is 14.4 Å². The molecule has 0 aromatic heterocycles. The van der Waals surface area contributed by atoms with Gasteiger partial charge in [-0.15, -0.1) is 11.8 Å². The molecule has 1 N–H and O–H groups in total. The van der Waals surface area contributed by atoms with Crippen molar-refractivity contribution in [3.05, 3.63) is 57.2 Å². The highest BCUT2D eigenvalue weighted by atomic mass is 35.5. The van der Waals surface area contributed by atoms with Gasteiger partial charge in [-0.1, -0.05) is 17.7 Å². The number of nitrogens with one attached hydrogen (secondary N) is 1. The summed E-state index contributed by atoms with van der Waals surface area (Å²) >= 11 is 6.86. The van der Waals surface area contributed by atoms with E-state index < -0.39 is 5.97 Å². The van der Waals surface area contributed by atoms with Crippen molar-refractivity contribution < 1.29 is 23.8 Å². The van der Waals surface area contributed by atoms with Crippen LogP contribution in [-0.2, 0) is 16.0 Å². The Morgan fingerprint density at radius 3 is 2.55 bits per heavy atom. The van der Waals surface area contributed by atoms with Gasteiger partial charge in [-0.05, 0) is 54.0 Å². The van der Waals surface area contributed by atoms with Crippen LogP contribution in [0.15, 0.2) is 45.6 Å². The third kappa shape index (κ3) is 5.17. The fourth-order valence-corrected chi connectivity index (χ4v) is 4.52. The molecular formula is C24H24ClNO6S. The van der Waals surface area contributed by atoms with Gasteiger partial charge in [0.1, 0.15) is 0 Å². The lowest BCUT2D eigenvalue weighted by atomic mass is 9.95. The number of carbonyl (C=O) groups excluding carboxylic acids is 2. The molecule has 0 bridgehead atoms. The van der Waals surface area contributed by atoms with Crippen LogP contribution in [0.4, 0.5) is 0 Å². The number of rotatable bonds is 6. The maximum atomic E-state index is 12.8. The summed E-state index contributed by atoms with van der Waals surface area (Å²) in [7, 11) is 2.93. The van der Waals surface area contributed by atoms with Crippen LogP contribution in [-0.4, -0.2) is 32.4 Å². The van der Waals surface area contributed by atoms with Crippen molar-refractivity contribution in [2.45, 2.75) is 30.7 Å². The summed E-state index contributed by atoms with van der Waals surface area (Å²) in [4.78, 5) is 37.5. The first-order valence-electron chi connectivity index (χ1n) is 10.1. The highest BCUT2D eigenvalue weighted by Gasteiger charge is 2.30. The number of thioether (sulfide) groups is 1. The number of hydrogen-bond donors (Lipinski definition) is 1. The molecule has 2 aromatic carbocycles. The molecule has 0 radical (unpaired) electrons. The van der Waals surface area contributed by atoms with Gasteiger partial charge in [0.15, 0.2) is 16.9 Å². The summed E-state index contributed by atoms with van der Waals surface area (Å²) in [6.07, 6.45) is 4.01. The average molecular weight is 490 g/mol. The number of amides is 1. The van der Waals surface area contributed by atoms with Crippen LogP contribution in [0.1, 0.15) is 30.5 Å². The van der Waals surface area contributed by atoms with Crippen LogP contribution in [0.5, 0.6) is 17.2 Å². The lowest BCUT2D eigenvalue weighted by Gasteiger charge is -2.20. The molecule has 7 nitrogen and oxygen atoms in total. The number of aryl methyl sites for hydroxylation is 1. The Bertz CT molecular complexity index is 1180. The van der Waals surface area contributed by atoms with E-state index in [0.29, 0.717) is 40.2 Å². The number of carbonyl (C=O) groups is 2. The average Bonchev–Trinajstić information content (AvgIpc) is 3.02. The molecule has 1 aliphatic carbocycles. The van der Waals surface area contributed by atoms with Crippen molar-refractivity contribution in [2.24, 2.45) is 0 Å². The van der Waals surface area contributed by atoms with Crippen LogP contribution in [0.3, 0.4) is 0 Å². The van der Waals surface area contributed by atoms with Gasteiger partial charge in [0.2, 0.25) is 11.7 Å².